The van der Waals surface area contributed by atoms with E-state index in [0.29, 0.717) is 0 Å². The van der Waals surface area contributed by atoms with E-state index < -0.39 is 0 Å². The van der Waals surface area contributed by atoms with Crippen molar-refractivity contribution in [3.63, 3.8) is 0 Å². The van der Waals surface area contributed by atoms with E-state index in [2.05, 4.69) is 0 Å². The molecule has 0 bridgehead atoms. The van der Waals surface area contributed by atoms with Crippen LogP contribution < -0.4 is 29.6 Å². The smallest absolute Gasteiger partial charge is 2.00 e. The number of hydrogen-bond acceptors (Lipinski definition) is 0. The minimum atomic E-state index is 0. The van der Waals surface area contributed by atoms with Gasteiger partial charge in [0.25, 0.3) is 0 Å². The Balaban J connectivity index is 0. The van der Waals surface area contributed by atoms with Gasteiger partial charge in [0.2, 0.25) is 0 Å². The van der Waals surface area contributed by atoms with Crippen molar-refractivity contribution in [1.82, 2.24) is 0 Å². The summed E-state index contributed by atoms with van der Waals surface area (Å²) in [6.07, 6.45) is 0. The van der Waals surface area contributed by atoms with Gasteiger partial charge in [-0.3, -0.25) is 0 Å². The van der Waals surface area contributed by atoms with E-state index >= 15 is 0 Å². The second-order valence-corrected chi connectivity index (χ2v) is 0. The Morgan fingerprint density at radius 2 is 0.750 bits per heavy atom. The van der Waals surface area contributed by atoms with Crippen molar-refractivity contribution in [2.75, 3.05) is 0 Å². The molecule has 0 spiro atoms. The molecule has 0 rings (SSSR count). The Morgan fingerprint density at radius 1 is 0.750 bits per heavy atom. The van der Waals surface area contributed by atoms with Gasteiger partial charge in [-0.15, -0.1) is 0 Å². The normalized spacial score (nSPS) is 0. The molecule has 0 aliphatic rings. The molecule has 0 N–H and O–H groups in total. The first kappa shape index (κ1) is 28.5. The van der Waals surface area contributed by atoms with Gasteiger partial charge >= 0.3 is 55.4 Å². The van der Waals surface area contributed by atoms with E-state index in [1.54, 1.807) is 0 Å². The Morgan fingerprint density at radius 3 is 0.750 bits per heavy atom. The average molecular weight is 296 g/mol. The summed E-state index contributed by atoms with van der Waals surface area (Å²) >= 11 is 0. The maximum atomic E-state index is 0. The van der Waals surface area contributed by atoms with Gasteiger partial charge in [0.1, 0.15) is 0 Å². The molecule has 0 aromatic rings. The fraction of sp³-hybridized carbons (Fsp3) is 0. The molecule has 0 nitrogen and oxygen atoms in total. The Bertz CT molecular complexity index is 6.00. The van der Waals surface area contributed by atoms with Gasteiger partial charge < -0.3 is 34.1 Å². The quantitative estimate of drug-likeness (QED) is 0.398. The predicted octanol–water partition coefficient (Wildman–Crippen LogP) is -4.14. The SMILES string of the molecule is [In+3].[Na+].[Se-2].[Se-2]. The molecule has 0 saturated heterocycles. The molecule has 0 fully saturated rings. The van der Waals surface area contributed by atoms with Gasteiger partial charge in [0.15, 0.2) is 0 Å². The van der Waals surface area contributed by atoms with Gasteiger partial charge in [-0.25, -0.2) is 0 Å². The van der Waals surface area contributed by atoms with Crippen LogP contribution >= 0.6 is 0 Å². The van der Waals surface area contributed by atoms with Crippen LogP contribution in [0.5, 0.6) is 0 Å². The summed E-state index contributed by atoms with van der Waals surface area (Å²) in [6, 6.07) is 0. The second kappa shape index (κ2) is 16.8. The van der Waals surface area contributed by atoms with E-state index in [1.807, 2.05) is 0 Å². The van der Waals surface area contributed by atoms with Gasteiger partial charge in [0, 0.05) is 0 Å². The maximum Gasteiger partial charge on any atom is 3.00 e. The van der Waals surface area contributed by atoms with E-state index in [1.165, 1.54) is 0 Å². The fourth-order valence-corrected chi connectivity index (χ4v) is 0. The van der Waals surface area contributed by atoms with Crippen molar-refractivity contribution in [2.45, 2.75) is 0 Å². The summed E-state index contributed by atoms with van der Waals surface area (Å²) in [5, 5.41) is 0. The summed E-state index contributed by atoms with van der Waals surface area (Å²) < 4.78 is 0. The van der Waals surface area contributed by atoms with Crippen molar-refractivity contribution in [3.05, 3.63) is 0 Å². The van der Waals surface area contributed by atoms with Crippen LogP contribution in [0, 0.1) is 0 Å². The molecule has 0 saturated carbocycles. The standard InChI is InChI=1S/In.Na.2Se/q+3;+1;2*-2. The maximum absolute atomic E-state index is 0. The predicted molar refractivity (Wildman–Crippen MR) is 17.3 cm³/mol. The molecular weight excluding hydrogens is 296 g/mol. The zero-order chi connectivity index (χ0) is 0. The molecule has 0 aliphatic heterocycles. The zero-order valence-electron chi connectivity index (χ0n) is 2.39. The Hall–Kier alpha value is 2.91. The fourth-order valence-electron chi connectivity index (χ4n) is 0. The van der Waals surface area contributed by atoms with Crippen molar-refractivity contribution in [2.24, 2.45) is 0 Å². The third-order valence-electron chi connectivity index (χ3n) is 0. The van der Waals surface area contributed by atoms with E-state index in [9.17, 15) is 0 Å². The largest absolute Gasteiger partial charge is 3.00 e. The van der Waals surface area contributed by atoms with E-state index in [4.69, 9.17) is 0 Å². The number of rotatable bonds is 0. The molecule has 0 radical (unpaired) electrons. The Kier molecular flexibility index (Phi) is 120. The zero-order valence-corrected chi connectivity index (χ0v) is 11.1. The van der Waals surface area contributed by atoms with Crippen LogP contribution in [0.25, 0.3) is 0 Å². The number of hydrogen-bond donors (Lipinski definition) is 0. The summed E-state index contributed by atoms with van der Waals surface area (Å²) in [6.45, 7) is 0. The van der Waals surface area contributed by atoms with Crippen molar-refractivity contribution in [3.8, 4) is 0 Å². The van der Waals surface area contributed by atoms with Crippen LogP contribution in [0.1, 0.15) is 0 Å². The van der Waals surface area contributed by atoms with Crippen LogP contribution in [0.4, 0.5) is 0 Å². The first-order chi connectivity index (χ1) is 0. The molecule has 4 heteroatoms. The van der Waals surface area contributed by atoms with Gasteiger partial charge in [-0.1, -0.05) is 0 Å². The first-order valence-electron chi connectivity index (χ1n) is 0. The monoisotopic (exact) mass is 298 g/mol. The van der Waals surface area contributed by atoms with E-state index in [-0.39, 0.29) is 89.5 Å². The van der Waals surface area contributed by atoms with Gasteiger partial charge in [-0.2, -0.15) is 0 Å². The molecule has 0 aliphatic carbocycles. The summed E-state index contributed by atoms with van der Waals surface area (Å²) in [5.74, 6) is 0. The van der Waals surface area contributed by atoms with E-state index in [0.717, 1.165) is 0 Å². The van der Waals surface area contributed by atoms with Crippen LogP contribution in [0.2, 0.25) is 0 Å². The van der Waals surface area contributed by atoms with Crippen molar-refractivity contribution >= 4 is 60.0 Å². The third-order valence-corrected chi connectivity index (χ3v) is 0. The van der Waals surface area contributed by atoms with Gasteiger partial charge in [-0.05, 0) is 0 Å². The summed E-state index contributed by atoms with van der Waals surface area (Å²) in [5.41, 5.74) is 0. The second-order valence-electron chi connectivity index (χ2n) is 0. The molecule has 0 heterocycles. The van der Waals surface area contributed by atoms with Crippen LogP contribution in [-0.4, -0.2) is 60.0 Å². The third kappa shape index (κ3) is 8.86. The molecule has 0 aromatic carbocycles. The molecular formula is InNaSe2. The van der Waals surface area contributed by atoms with Crippen molar-refractivity contribution < 1.29 is 29.6 Å². The molecule has 4 heavy (non-hydrogen) atoms. The average Bonchev–Trinajstić information content (AvgIpc) is 0. The minimum absolute atomic E-state index is 0. The molecule has 16 valence electrons. The minimum Gasteiger partial charge on any atom is -2.00 e. The Labute approximate surface area is 87.9 Å². The summed E-state index contributed by atoms with van der Waals surface area (Å²) in [7, 11) is 0. The van der Waals surface area contributed by atoms with Crippen LogP contribution in [-0.2, 0) is 0 Å². The topological polar surface area (TPSA) is 0 Å². The molecule has 0 unspecified atom stereocenters. The molecule has 0 aromatic heterocycles. The van der Waals surface area contributed by atoms with Gasteiger partial charge in [0.05, 0.1) is 0 Å². The molecule has 0 atom stereocenters. The first-order valence-corrected chi connectivity index (χ1v) is 0. The van der Waals surface area contributed by atoms with Crippen molar-refractivity contribution in [1.29, 1.82) is 0 Å². The van der Waals surface area contributed by atoms with Crippen LogP contribution in [0.3, 0.4) is 0 Å². The van der Waals surface area contributed by atoms with Crippen LogP contribution in [0.15, 0.2) is 0 Å². The molecule has 0 amide bonds. The summed E-state index contributed by atoms with van der Waals surface area (Å²) in [4.78, 5) is 0.